The first-order valence-corrected chi connectivity index (χ1v) is 6.27. The van der Waals surface area contributed by atoms with Gasteiger partial charge in [0.25, 0.3) is 5.97 Å². The van der Waals surface area contributed by atoms with Crippen LogP contribution < -0.4 is 0 Å². The van der Waals surface area contributed by atoms with E-state index in [0.717, 1.165) is 29.1 Å². The van der Waals surface area contributed by atoms with Gasteiger partial charge in [0.15, 0.2) is 0 Å². The number of benzene rings is 1. The van der Waals surface area contributed by atoms with Crippen LogP contribution in [0.1, 0.15) is 6.92 Å². The number of para-hydroxylation sites is 1. The number of rotatable bonds is 1. The second-order valence-corrected chi connectivity index (χ2v) is 4.27. The minimum atomic E-state index is -0.833. The van der Waals surface area contributed by atoms with Crippen LogP contribution in [0.3, 0.4) is 0 Å². The Balaban J connectivity index is 0.000000361. The second-order valence-electron chi connectivity index (χ2n) is 4.27. The van der Waals surface area contributed by atoms with Crippen LogP contribution in [-0.4, -0.2) is 26.2 Å². The minimum absolute atomic E-state index is 0.255. The number of phenols is 1. The zero-order chi connectivity index (χ0) is 15.2. The molecule has 106 valence electrons. The molecule has 21 heavy (non-hydrogen) atoms. The molecule has 0 bridgehead atoms. The maximum Gasteiger partial charge on any atom is 0.300 e. The van der Waals surface area contributed by atoms with E-state index in [2.05, 4.69) is 9.97 Å². The molecule has 0 radical (unpaired) electrons. The third-order valence-corrected chi connectivity index (χ3v) is 2.69. The number of pyridine rings is 2. The van der Waals surface area contributed by atoms with Crippen molar-refractivity contribution in [2.45, 2.75) is 6.92 Å². The molecule has 5 nitrogen and oxygen atoms in total. The lowest BCUT2D eigenvalue weighted by Crippen LogP contribution is -1.87. The summed E-state index contributed by atoms with van der Waals surface area (Å²) in [7, 11) is 0. The predicted molar refractivity (Wildman–Crippen MR) is 79.9 cm³/mol. The topological polar surface area (TPSA) is 83.3 Å². The van der Waals surface area contributed by atoms with Crippen molar-refractivity contribution >= 4 is 17.0 Å². The Morgan fingerprint density at radius 2 is 1.67 bits per heavy atom. The highest BCUT2D eigenvalue weighted by Crippen LogP contribution is 2.32. The maximum atomic E-state index is 9.88. The third-order valence-electron chi connectivity index (χ3n) is 2.69. The van der Waals surface area contributed by atoms with Crippen LogP contribution >= 0.6 is 0 Å². The van der Waals surface area contributed by atoms with Crippen LogP contribution in [0.25, 0.3) is 22.2 Å². The lowest BCUT2D eigenvalue weighted by Gasteiger charge is -2.06. The molecule has 3 rings (SSSR count). The van der Waals surface area contributed by atoms with E-state index in [1.807, 2.05) is 30.3 Å². The van der Waals surface area contributed by atoms with Gasteiger partial charge in [-0.25, -0.2) is 0 Å². The molecule has 5 heteroatoms. The molecule has 0 aliphatic rings. The smallest absolute Gasteiger partial charge is 0.300 e. The fraction of sp³-hybridized carbons (Fsp3) is 0.0625. The number of phenolic OH excluding ortho intramolecular Hbond substituents is 1. The first-order valence-electron chi connectivity index (χ1n) is 6.27. The van der Waals surface area contributed by atoms with E-state index in [-0.39, 0.29) is 5.75 Å². The molecule has 0 amide bonds. The van der Waals surface area contributed by atoms with Crippen molar-refractivity contribution in [3.05, 3.63) is 54.9 Å². The van der Waals surface area contributed by atoms with Gasteiger partial charge in [-0.15, -0.1) is 0 Å². The van der Waals surface area contributed by atoms with Crippen LogP contribution in [0.15, 0.2) is 54.9 Å². The summed E-state index contributed by atoms with van der Waals surface area (Å²) in [5.74, 6) is -0.578. The largest absolute Gasteiger partial charge is 0.507 e. The number of aromatic hydroxyl groups is 1. The summed E-state index contributed by atoms with van der Waals surface area (Å²) in [6, 6.07) is 12.9. The third kappa shape index (κ3) is 3.54. The van der Waals surface area contributed by atoms with Crippen LogP contribution in [0.5, 0.6) is 5.75 Å². The molecule has 0 unspecified atom stereocenters. The average molecular weight is 282 g/mol. The highest BCUT2D eigenvalue weighted by molar-refractivity contribution is 5.92. The summed E-state index contributed by atoms with van der Waals surface area (Å²) in [5, 5.41) is 17.3. The Morgan fingerprint density at radius 3 is 2.38 bits per heavy atom. The van der Waals surface area contributed by atoms with Crippen LogP contribution in [0.2, 0.25) is 0 Å². The zero-order valence-electron chi connectivity index (χ0n) is 11.4. The van der Waals surface area contributed by atoms with Gasteiger partial charge in [-0.05, 0) is 24.3 Å². The van der Waals surface area contributed by atoms with E-state index in [1.54, 1.807) is 24.5 Å². The van der Waals surface area contributed by atoms with Crippen molar-refractivity contribution in [3.63, 3.8) is 0 Å². The molecule has 0 aliphatic heterocycles. The highest BCUT2D eigenvalue weighted by Gasteiger charge is 2.08. The summed E-state index contributed by atoms with van der Waals surface area (Å²) in [6.45, 7) is 1.08. The molecule has 2 N–H and O–H groups in total. The number of fused-ring (bicyclic) bond motifs is 1. The summed E-state index contributed by atoms with van der Waals surface area (Å²) in [4.78, 5) is 17.6. The summed E-state index contributed by atoms with van der Waals surface area (Å²) < 4.78 is 0. The van der Waals surface area contributed by atoms with E-state index in [9.17, 15) is 5.11 Å². The monoisotopic (exact) mass is 282 g/mol. The second kappa shape index (κ2) is 6.47. The molecule has 0 fully saturated rings. The summed E-state index contributed by atoms with van der Waals surface area (Å²) >= 11 is 0. The van der Waals surface area contributed by atoms with Gasteiger partial charge in [-0.2, -0.15) is 0 Å². The number of carboxylic acids is 1. The van der Waals surface area contributed by atoms with Crippen molar-refractivity contribution in [1.29, 1.82) is 0 Å². The molecule has 0 saturated carbocycles. The molecule has 0 spiro atoms. The molecule has 0 aliphatic carbocycles. The standard InChI is InChI=1S/C14H10N2O.C2H4O2/c17-13-6-2-1-4-10(13)11-7-9-15-12-5-3-8-16-14(11)12;1-2(3)4/h1-9,17H;1H3,(H,3,4). The quantitative estimate of drug-likeness (QED) is 0.716. The van der Waals surface area contributed by atoms with Crippen molar-refractivity contribution in [3.8, 4) is 16.9 Å². The van der Waals surface area contributed by atoms with Gasteiger partial charge in [0.1, 0.15) is 5.75 Å². The van der Waals surface area contributed by atoms with Crippen molar-refractivity contribution in [1.82, 2.24) is 9.97 Å². The van der Waals surface area contributed by atoms with Crippen LogP contribution in [0.4, 0.5) is 0 Å². The zero-order valence-corrected chi connectivity index (χ0v) is 11.4. The number of aliphatic carboxylic acids is 1. The first-order chi connectivity index (χ1) is 10.1. The Kier molecular flexibility index (Phi) is 4.46. The molecule has 2 aromatic heterocycles. The Hall–Kier alpha value is -2.95. The Bertz CT molecular complexity index is 763. The number of hydrogen-bond donors (Lipinski definition) is 2. The average Bonchev–Trinajstić information content (AvgIpc) is 2.47. The van der Waals surface area contributed by atoms with Gasteiger partial charge in [0, 0.05) is 30.4 Å². The van der Waals surface area contributed by atoms with E-state index in [1.165, 1.54) is 0 Å². The molecule has 1 aromatic carbocycles. The SMILES string of the molecule is CC(=O)O.Oc1ccccc1-c1ccnc2cccnc12. The summed E-state index contributed by atoms with van der Waals surface area (Å²) in [6.07, 6.45) is 3.46. The molecular formula is C16H14N2O3. The maximum absolute atomic E-state index is 9.88. The minimum Gasteiger partial charge on any atom is -0.507 e. The highest BCUT2D eigenvalue weighted by atomic mass is 16.4. The van der Waals surface area contributed by atoms with E-state index in [0.29, 0.717) is 0 Å². The first kappa shape index (κ1) is 14.5. The fourth-order valence-corrected chi connectivity index (χ4v) is 1.90. The van der Waals surface area contributed by atoms with Gasteiger partial charge < -0.3 is 10.2 Å². The lowest BCUT2D eigenvalue weighted by atomic mass is 10.0. The Morgan fingerprint density at radius 1 is 0.952 bits per heavy atom. The number of hydrogen-bond acceptors (Lipinski definition) is 4. The van der Waals surface area contributed by atoms with Gasteiger partial charge in [-0.1, -0.05) is 18.2 Å². The molecular weight excluding hydrogens is 268 g/mol. The van der Waals surface area contributed by atoms with Gasteiger partial charge in [0.2, 0.25) is 0 Å². The van der Waals surface area contributed by atoms with Crippen LogP contribution in [-0.2, 0) is 4.79 Å². The molecule has 3 aromatic rings. The number of nitrogens with zero attached hydrogens (tertiary/aromatic N) is 2. The van der Waals surface area contributed by atoms with E-state index < -0.39 is 5.97 Å². The summed E-state index contributed by atoms with van der Waals surface area (Å²) in [5.41, 5.74) is 3.30. The van der Waals surface area contributed by atoms with Crippen LogP contribution in [0, 0.1) is 0 Å². The molecule has 2 heterocycles. The van der Waals surface area contributed by atoms with E-state index in [4.69, 9.17) is 9.90 Å². The van der Waals surface area contributed by atoms with Crippen molar-refractivity contribution in [2.75, 3.05) is 0 Å². The number of carboxylic acid groups (broad SMARTS) is 1. The molecule has 0 saturated heterocycles. The van der Waals surface area contributed by atoms with Gasteiger partial charge in [-0.3, -0.25) is 14.8 Å². The number of aromatic nitrogens is 2. The normalized spacial score (nSPS) is 9.76. The van der Waals surface area contributed by atoms with Crippen molar-refractivity contribution in [2.24, 2.45) is 0 Å². The molecule has 0 atom stereocenters. The van der Waals surface area contributed by atoms with E-state index >= 15 is 0 Å². The number of carbonyl (C=O) groups is 1. The van der Waals surface area contributed by atoms with Gasteiger partial charge >= 0.3 is 0 Å². The predicted octanol–water partition coefficient (Wildman–Crippen LogP) is 3.09. The van der Waals surface area contributed by atoms with Crippen molar-refractivity contribution < 1.29 is 15.0 Å². The van der Waals surface area contributed by atoms with Gasteiger partial charge in [0.05, 0.1) is 11.0 Å². The lowest BCUT2D eigenvalue weighted by molar-refractivity contribution is -0.134. The fourth-order valence-electron chi connectivity index (χ4n) is 1.90. The Labute approximate surface area is 121 Å².